The smallest absolute Gasteiger partial charge is 0.259 e. The van der Waals surface area contributed by atoms with Crippen molar-refractivity contribution in [3.63, 3.8) is 0 Å². The van der Waals surface area contributed by atoms with E-state index in [1.807, 2.05) is 55.7 Å². The number of nitrogens with one attached hydrogen (secondary N) is 3. The summed E-state index contributed by atoms with van der Waals surface area (Å²) < 4.78 is 2.12. The summed E-state index contributed by atoms with van der Waals surface area (Å²) in [7, 11) is 1.92. The zero-order valence-corrected chi connectivity index (χ0v) is 17.7. The number of aryl methyl sites for hydroxylation is 1. The third-order valence-electron chi connectivity index (χ3n) is 5.73. The molecule has 5 rings (SSSR count). The Morgan fingerprint density at radius 1 is 1.00 bits per heavy atom. The summed E-state index contributed by atoms with van der Waals surface area (Å²) in [5, 5.41) is 7.99. The summed E-state index contributed by atoms with van der Waals surface area (Å²) in [6.45, 7) is 1.66. The molecule has 0 bridgehead atoms. The van der Waals surface area contributed by atoms with E-state index in [9.17, 15) is 9.59 Å². The van der Waals surface area contributed by atoms with Crippen LogP contribution in [0.15, 0.2) is 54.9 Å². The molecule has 31 heavy (non-hydrogen) atoms. The van der Waals surface area contributed by atoms with Crippen LogP contribution in [-0.2, 0) is 16.1 Å². The van der Waals surface area contributed by atoms with Crippen molar-refractivity contribution < 1.29 is 9.59 Å². The molecule has 0 radical (unpaired) electrons. The summed E-state index contributed by atoms with van der Waals surface area (Å²) in [5.41, 5.74) is 4.09. The second-order valence-corrected chi connectivity index (χ2v) is 8.07. The van der Waals surface area contributed by atoms with E-state index in [-0.39, 0.29) is 11.8 Å². The number of hydrogen-bond acceptors (Lipinski definition) is 3. The largest absolute Gasteiger partial charge is 0.361 e. The standard InChI is InChI=1S/C24H21ClN4O2/c1-26-9-4-10-29-13-18(16-11-14(25)7-8-20(16)29)22-21(23(30)28-24(22)31)17-12-27-19-6-3-2-5-15(17)19/h2-3,5-8,11-13,26-27H,4,9-10H2,1H3,(H,28,30,31). The fourth-order valence-electron chi connectivity index (χ4n) is 4.33. The molecule has 0 fully saturated rings. The van der Waals surface area contributed by atoms with Crippen LogP contribution < -0.4 is 10.6 Å². The number of amides is 2. The van der Waals surface area contributed by atoms with Gasteiger partial charge in [0.2, 0.25) is 0 Å². The Balaban J connectivity index is 1.76. The molecule has 2 aromatic heterocycles. The Morgan fingerprint density at radius 2 is 1.77 bits per heavy atom. The van der Waals surface area contributed by atoms with E-state index in [1.54, 1.807) is 6.20 Å². The maximum atomic E-state index is 13.0. The first kappa shape index (κ1) is 19.6. The molecular weight excluding hydrogens is 412 g/mol. The number of para-hydroxylation sites is 1. The van der Waals surface area contributed by atoms with Crippen LogP contribution in [0.2, 0.25) is 5.02 Å². The number of halogens is 1. The van der Waals surface area contributed by atoms with Crippen LogP contribution in [0.1, 0.15) is 17.5 Å². The number of fused-ring (bicyclic) bond motifs is 2. The lowest BCUT2D eigenvalue weighted by Crippen LogP contribution is -2.22. The molecule has 2 amide bonds. The highest BCUT2D eigenvalue weighted by Gasteiger charge is 2.35. The minimum Gasteiger partial charge on any atom is -0.361 e. The summed E-state index contributed by atoms with van der Waals surface area (Å²) in [6.07, 6.45) is 4.68. The Bertz CT molecular complexity index is 1380. The third-order valence-corrected chi connectivity index (χ3v) is 5.96. The molecule has 0 atom stereocenters. The van der Waals surface area contributed by atoms with E-state index in [0.29, 0.717) is 27.3 Å². The van der Waals surface area contributed by atoms with Crippen molar-refractivity contribution in [3.8, 4) is 0 Å². The predicted octanol–water partition coefficient (Wildman–Crippen LogP) is 3.95. The van der Waals surface area contributed by atoms with Gasteiger partial charge in [0.1, 0.15) is 0 Å². The first-order chi connectivity index (χ1) is 15.1. The van der Waals surface area contributed by atoms with Crippen molar-refractivity contribution in [3.05, 3.63) is 71.0 Å². The average Bonchev–Trinajstić information content (AvgIpc) is 3.41. The van der Waals surface area contributed by atoms with Gasteiger partial charge in [-0.15, -0.1) is 0 Å². The molecule has 3 heterocycles. The predicted molar refractivity (Wildman–Crippen MR) is 124 cm³/mol. The van der Waals surface area contributed by atoms with Crippen molar-refractivity contribution in [2.24, 2.45) is 0 Å². The van der Waals surface area contributed by atoms with Crippen LogP contribution in [0.4, 0.5) is 0 Å². The minimum atomic E-state index is -0.389. The third kappa shape index (κ3) is 3.24. The average molecular weight is 433 g/mol. The lowest BCUT2D eigenvalue weighted by Gasteiger charge is -2.04. The zero-order chi connectivity index (χ0) is 21.5. The number of nitrogens with zero attached hydrogens (tertiary/aromatic N) is 1. The van der Waals surface area contributed by atoms with Gasteiger partial charge in [-0.05, 0) is 44.3 Å². The van der Waals surface area contributed by atoms with Crippen LogP contribution >= 0.6 is 11.6 Å². The molecule has 3 N–H and O–H groups in total. The summed E-state index contributed by atoms with van der Waals surface area (Å²) >= 11 is 6.30. The summed E-state index contributed by atoms with van der Waals surface area (Å²) in [6, 6.07) is 13.4. The van der Waals surface area contributed by atoms with Gasteiger partial charge in [-0.25, -0.2) is 0 Å². The van der Waals surface area contributed by atoms with Crippen molar-refractivity contribution >= 4 is 56.4 Å². The van der Waals surface area contributed by atoms with Crippen molar-refractivity contribution in [1.29, 1.82) is 0 Å². The number of carbonyl (C=O) groups is 2. The Kier molecular flexibility index (Phi) is 4.88. The zero-order valence-electron chi connectivity index (χ0n) is 17.0. The molecule has 1 aliphatic rings. The number of rotatable bonds is 6. The van der Waals surface area contributed by atoms with Gasteiger partial charge in [-0.2, -0.15) is 0 Å². The van der Waals surface area contributed by atoms with Gasteiger partial charge in [0.15, 0.2) is 0 Å². The van der Waals surface area contributed by atoms with Gasteiger partial charge in [0, 0.05) is 56.9 Å². The number of carbonyl (C=O) groups excluding carboxylic acids is 2. The number of H-pyrrole nitrogens is 1. The molecule has 4 aromatic rings. The van der Waals surface area contributed by atoms with Gasteiger partial charge in [0.25, 0.3) is 11.8 Å². The lowest BCUT2D eigenvalue weighted by molar-refractivity contribution is -0.122. The topological polar surface area (TPSA) is 78.9 Å². The van der Waals surface area contributed by atoms with E-state index in [0.717, 1.165) is 41.3 Å². The molecular formula is C24H21ClN4O2. The van der Waals surface area contributed by atoms with Crippen LogP contribution in [0, 0.1) is 0 Å². The fourth-order valence-corrected chi connectivity index (χ4v) is 4.50. The molecule has 0 aliphatic carbocycles. The fraction of sp³-hybridized carbons (Fsp3) is 0.167. The Morgan fingerprint density at radius 3 is 2.58 bits per heavy atom. The van der Waals surface area contributed by atoms with Gasteiger partial charge in [-0.1, -0.05) is 29.8 Å². The van der Waals surface area contributed by atoms with E-state index in [1.165, 1.54) is 0 Å². The van der Waals surface area contributed by atoms with E-state index < -0.39 is 0 Å². The van der Waals surface area contributed by atoms with E-state index >= 15 is 0 Å². The van der Waals surface area contributed by atoms with Gasteiger partial charge >= 0.3 is 0 Å². The Hall–Kier alpha value is -3.35. The second kappa shape index (κ2) is 7.72. The first-order valence-electron chi connectivity index (χ1n) is 10.2. The summed E-state index contributed by atoms with van der Waals surface area (Å²) in [4.78, 5) is 29.1. The maximum Gasteiger partial charge on any atom is 0.259 e. The summed E-state index contributed by atoms with van der Waals surface area (Å²) in [5.74, 6) is -0.776. The highest BCUT2D eigenvalue weighted by Crippen LogP contribution is 2.38. The number of aromatic nitrogens is 2. The molecule has 0 saturated heterocycles. The monoisotopic (exact) mass is 432 g/mol. The van der Waals surface area contributed by atoms with Crippen LogP contribution in [-0.4, -0.2) is 35.0 Å². The maximum absolute atomic E-state index is 13.0. The molecule has 0 unspecified atom stereocenters. The lowest BCUT2D eigenvalue weighted by atomic mass is 9.95. The molecule has 6 nitrogen and oxygen atoms in total. The molecule has 0 spiro atoms. The van der Waals surface area contributed by atoms with Crippen LogP contribution in [0.5, 0.6) is 0 Å². The number of aromatic amines is 1. The van der Waals surface area contributed by atoms with Crippen molar-refractivity contribution in [1.82, 2.24) is 20.2 Å². The highest BCUT2D eigenvalue weighted by atomic mass is 35.5. The molecule has 2 aromatic carbocycles. The minimum absolute atomic E-state index is 0.384. The number of imide groups is 1. The normalized spacial score (nSPS) is 14.3. The first-order valence-corrected chi connectivity index (χ1v) is 10.6. The molecule has 0 saturated carbocycles. The quantitative estimate of drug-likeness (QED) is 0.319. The Labute approximate surface area is 183 Å². The van der Waals surface area contributed by atoms with Crippen LogP contribution in [0.25, 0.3) is 33.0 Å². The van der Waals surface area contributed by atoms with Gasteiger partial charge < -0.3 is 14.9 Å². The van der Waals surface area contributed by atoms with Crippen LogP contribution in [0.3, 0.4) is 0 Å². The van der Waals surface area contributed by atoms with Gasteiger partial charge in [-0.3, -0.25) is 14.9 Å². The number of hydrogen-bond donors (Lipinski definition) is 3. The van der Waals surface area contributed by atoms with E-state index in [2.05, 4.69) is 20.2 Å². The highest BCUT2D eigenvalue weighted by molar-refractivity contribution is 6.50. The molecule has 7 heteroatoms. The van der Waals surface area contributed by atoms with Crippen molar-refractivity contribution in [2.75, 3.05) is 13.6 Å². The molecule has 1 aliphatic heterocycles. The van der Waals surface area contributed by atoms with Crippen molar-refractivity contribution in [2.45, 2.75) is 13.0 Å². The number of benzene rings is 2. The second-order valence-electron chi connectivity index (χ2n) is 7.64. The van der Waals surface area contributed by atoms with E-state index in [4.69, 9.17) is 11.6 Å². The SMILES string of the molecule is CNCCCn1cc(C2=C(c3c[nH]c4ccccc34)C(=O)NC2=O)c2cc(Cl)ccc21. The molecule has 156 valence electrons. The van der Waals surface area contributed by atoms with Gasteiger partial charge in [0.05, 0.1) is 11.1 Å².